The fourth-order valence-corrected chi connectivity index (χ4v) is 4.07. The Labute approximate surface area is 233 Å². The van der Waals surface area contributed by atoms with Gasteiger partial charge in [0.05, 0.1) is 19.6 Å². The second-order valence-corrected chi connectivity index (χ2v) is 10.1. The maximum absolute atomic E-state index is 12.7. The lowest BCUT2D eigenvalue weighted by atomic mass is 9.88. The first-order valence-corrected chi connectivity index (χ1v) is 14.2. The Balaban J connectivity index is 3.10. The summed E-state index contributed by atoms with van der Waals surface area (Å²) >= 11 is 0. The Morgan fingerprint density at radius 2 is 1.46 bits per heavy atom. The number of unbranched alkanes of at least 4 members (excludes halogenated alkanes) is 4. The highest BCUT2D eigenvalue weighted by molar-refractivity contribution is 5.81. The minimum Gasteiger partial charge on any atom is -0.468 e. The van der Waals surface area contributed by atoms with Gasteiger partial charge >= 0.3 is 23.9 Å². The second-order valence-electron chi connectivity index (χ2n) is 10.1. The summed E-state index contributed by atoms with van der Waals surface area (Å²) in [5, 5.41) is 0. The van der Waals surface area contributed by atoms with Crippen LogP contribution in [0.3, 0.4) is 0 Å². The molecule has 2 N–H and O–H groups in total. The van der Waals surface area contributed by atoms with Gasteiger partial charge in [-0.3, -0.25) is 19.2 Å². The summed E-state index contributed by atoms with van der Waals surface area (Å²) in [6, 6.07) is 4.74. The van der Waals surface area contributed by atoms with Crippen LogP contribution < -0.4 is 15.2 Å². The first-order chi connectivity index (χ1) is 18.6. The molecule has 0 bridgehead atoms. The van der Waals surface area contributed by atoms with Gasteiger partial charge in [-0.05, 0) is 37.0 Å². The normalized spacial score (nSPS) is 13.2. The van der Waals surface area contributed by atoms with Crippen LogP contribution in [0.4, 0.5) is 0 Å². The van der Waals surface area contributed by atoms with E-state index in [9.17, 15) is 19.2 Å². The van der Waals surface area contributed by atoms with Crippen molar-refractivity contribution in [2.45, 2.75) is 110 Å². The third-order valence-corrected chi connectivity index (χ3v) is 6.45. The lowest BCUT2D eigenvalue weighted by molar-refractivity contribution is -0.153. The number of carbonyl (C=O) groups is 4. The number of esters is 4. The Morgan fingerprint density at radius 3 is 2.00 bits per heavy atom. The van der Waals surface area contributed by atoms with Crippen molar-refractivity contribution in [3.05, 3.63) is 23.8 Å². The third-order valence-electron chi connectivity index (χ3n) is 6.45. The van der Waals surface area contributed by atoms with E-state index in [4.69, 9.17) is 24.7 Å². The van der Waals surface area contributed by atoms with Crippen LogP contribution in [0.1, 0.15) is 104 Å². The highest BCUT2D eigenvalue weighted by Gasteiger charge is 2.36. The number of ether oxygens (including phenoxy) is 4. The summed E-state index contributed by atoms with van der Waals surface area (Å²) in [5.41, 5.74) is 5.53. The molecule has 0 spiro atoms. The molecule has 0 heterocycles. The molecule has 39 heavy (non-hydrogen) atoms. The topological polar surface area (TPSA) is 131 Å². The van der Waals surface area contributed by atoms with Crippen molar-refractivity contribution >= 4 is 23.9 Å². The van der Waals surface area contributed by atoms with E-state index in [-0.39, 0.29) is 55.7 Å². The molecule has 9 nitrogen and oxygen atoms in total. The van der Waals surface area contributed by atoms with E-state index < -0.39 is 23.4 Å². The summed E-state index contributed by atoms with van der Waals surface area (Å²) in [6.45, 7) is 7.82. The molecule has 2 atom stereocenters. The molecule has 9 heteroatoms. The van der Waals surface area contributed by atoms with Gasteiger partial charge < -0.3 is 24.7 Å². The van der Waals surface area contributed by atoms with Gasteiger partial charge in [0.15, 0.2) is 11.5 Å². The third kappa shape index (κ3) is 12.6. The van der Waals surface area contributed by atoms with Gasteiger partial charge in [0.1, 0.15) is 5.54 Å². The lowest BCUT2D eigenvalue weighted by Crippen LogP contribution is -2.51. The highest BCUT2D eigenvalue weighted by Crippen LogP contribution is 2.31. The molecule has 0 aliphatic heterocycles. The van der Waals surface area contributed by atoms with Gasteiger partial charge in [-0.2, -0.15) is 0 Å². The summed E-state index contributed by atoms with van der Waals surface area (Å²) in [4.78, 5) is 49.7. The predicted octanol–water partition coefficient (Wildman–Crippen LogP) is 5.44. The molecule has 220 valence electrons. The largest absolute Gasteiger partial charge is 0.468 e. The quantitative estimate of drug-likeness (QED) is 0.136. The lowest BCUT2D eigenvalue weighted by Gasteiger charge is -2.27. The molecule has 1 rings (SSSR count). The van der Waals surface area contributed by atoms with Crippen LogP contribution in [0.25, 0.3) is 0 Å². The van der Waals surface area contributed by atoms with E-state index >= 15 is 0 Å². The first kappa shape index (κ1) is 34.1. The van der Waals surface area contributed by atoms with Crippen LogP contribution >= 0.6 is 0 Å². The zero-order valence-electron chi connectivity index (χ0n) is 24.3. The first-order valence-electron chi connectivity index (χ1n) is 14.2. The van der Waals surface area contributed by atoms with Crippen molar-refractivity contribution in [2.75, 3.05) is 13.7 Å². The molecular weight excluding hydrogens is 502 g/mol. The van der Waals surface area contributed by atoms with Crippen LogP contribution in [-0.4, -0.2) is 43.1 Å². The van der Waals surface area contributed by atoms with Crippen molar-refractivity contribution in [3.8, 4) is 11.5 Å². The minimum absolute atomic E-state index is 0.0207. The van der Waals surface area contributed by atoms with E-state index in [0.29, 0.717) is 24.8 Å². The number of hydrogen-bond donors (Lipinski definition) is 1. The number of hydrogen-bond acceptors (Lipinski definition) is 9. The van der Waals surface area contributed by atoms with Crippen LogP contribution in [0.15, 0.2) is 18.2 Å². The van der Waals surface area contributed by atoms with E-state index in [1.165, 1.54) is 13.2 Å². The van der Waals surface area contributed by atoms with Gasteiger partial charge in [-0.15, -0.1) is 0 Å². The monoisotopic (exact) mass is 549 g/mol. The van der Waals surface area contributed by atoms with Gasteiger partial charge in [0.25, 0.3) is 0 Å². The van der Waals surface area contributed by atoms with Crippen molar-refractivity contribution < 1.29 is 38.1 Å². The number of nitrogens with two attached hydrogens (primary N) is 1. The Kier molecular flexibility index (Phi) is 16.1. The molecule has 0 aliphatic carbocycles. The van der Waals surface area contributed by atoms with Crippen LogP contribution in [0, 0.1) is 5.92 Å². The molecule has 0 amide bonds. The van der Waals surface area contributed by atoms with Crippen molar-refractivity contribution in [2.24, 2.45) is 11.7 Å². The Hall–Kier alpha value is -2.94. The predicted molar refractivity (Wildman–Crippen MR) is 148 cm³/mol. The summed E-state index contributed by atoms with van der Waals surface area (Å²) in [5.74, 6) is -1.89. The fourth-order valence-electron chi connectivity index (χ4n) is 4.07. The molecule has 0 aromatic heterocycles. The van der Waals surface area contributed by atoms with Crippen LogP contribution in [-0.2, 0) is 35.1 Å². The average molecular weight is 550 g/mol. The van der Waals surface area contributed by atoms with E-state index in [0.717, 1.165) is 32.1 Å². The highest BCUT2D eigenvalue weighted by atomic mass is 16.6. The number of methoxy groups -OCH3 is 1. The Bertz CT molecular complexity index is 932. The van der Waals surface area contributed by atoms with E-state index in [1.807, 2.05) is 20.8 Å². The van der Waals surface area contributed by atoms with Crippen LogP contribution in [0.5, 0.6) is 11.5 Å². The van der Waals surface area contributed by atoms with Crippen molar-refractivity contribution in [1.29, 1.82) is 0 Å². The molecule has 0 radical (unpaired) electrons. The average Bonchev–Trinajstić information content (AvgIpc) is 2.90. The zero-order chi connectivity index (χ0) is 29.3. The molecule has 1 unspecified atom stereocenters. The number of rotatable bonds is 19. The minimum atomic E-state index is -1.50. The van der Waals surface area contributed by atoms with Gasteiger partial charge in [-0.1, -0.05) is 65.9 Å². The van der Waals surface area contributed by atoms with E-state index in [2.05, 4.69) is 0 Å². The van der Waals surface area contributed by atoms with Gasteiger partial charge in [-0.25, -0.2) is 0 Å². The van der Waals surface area contributed by atoms with Crippen molar-refractivity contribution in [3.63, 3.8) is 0 Å². The summed E-state index contributed by atoms with van der Waals surface area (Å²) in [6.07, 6.45) is 7.22. The smallest absolute Gasteiger partial charge is 0.326 e. The zero-order valence-corrected chi connectivity index (χ0v) is 24.3. The molecule has 0 aliphatic rings. The summed E-state index contributed by atoms with van der Waals surface area (Å²) in [7, 11) is 1.24. The van der Waals surface area contributed by atoms with Gasteiger partial charge in [0, 0.05) is 25.7 Å². The number of benzene rings is 1. The maximum Gasteiger partial charge on any atom is 0.326 e. The molecule has 1 aromatic carbocycles. The molecule has 0 saturated heterocycles. The van der Waals surface area contributed by atoms with Crippen LogP contribution in [0.2, 0.25) is 0 Å². The molecular formula is C30H47NO8. The Morgan fingerprint density at radius 1 is 0.872 bits per heavy atom. The van der Waals surface area contributed by atoms with Gasteiger partial charge in [0.2, 0.25) is 0 Å². The molecule has 1 aromatic rings. The van der Waals surface area contributed by atoms with E-state index in [1.54, 1.807) is 19.1 Å². The summed E-state index contributed by atoms with van der Waals surface area (Å²) < 4.78 is 21.4. The second kappa shape index (κ2) is 18.4. The SMILES string of the molecule is CCCCCC(=O)Oc1ccc(CC(N)(CCOC(=O)[C@@H](C)CCC)C(=O)OC)cc1OC(=O)CCCCC. The number of carbonyl (C=O) groups excluding carboxylic acids is 4. The molecule has 0 fully saturated rings. The maximum atomic E-state index is 12.7. The fraction of sp³-hybridized carbons (Fsp3) is 0.667. The van der Waals surface area contributed by atoms with Crippen molar-refractivity contribution in [1.82, 2.24) is 0 Å². The standard InChI is InChI=1S/C30H47NO8/c1-6-9-11-14-26(32)38-24-17-16-23(20-25(24)39-27(33)15-12-10-7-2)21-30(31,29(35)36-5)18-19-37-28(34)22(4)13-8-3/h16-17,20,22H,6-15,18-19,21,31H2,1-5H3/t22-,30?/m0/s1. The molecule has 0 saturated carbocycles.